The molecule has 1 heterocycles. The van der Waals surface area contributed by atoms with Crippen LogP contribution in [0.25, 0.3) is 0 Å². The fourth-order valence-electron chi connectivity index (χ4n) is 2.98. The van der Waals surface area contributed by atoms with E-state index in [1.165, 1.54) is 31.4 Å². The molecule has 1 fully saturated rings. The standard InChI is InChI=1S/C20H34O6/c1-2-3-4-5-6-7-10-18-17(23)14-19(26-18)16(22)13-12-15(21)9-8-11-20(24)25/h6-7,12-13,15-19,21-23H,2-5,8-11,14H2,1H3,(H,24,25)/b7-6-,13-12+/t15-,16+,17-,18-,19-/m0/s1. The number of carboxylic acid groups (broad SMARTS) is 1. The quantitative estimate of drug-likeness (QED) is 0.293. The highest BCUT2D eigenvalue weighted by Gasteiger charge is 2.36. The molecule has 6 nitrogen and oxygen atoms in total. The summed E-state index contributed by atoms with van der Waals surface area (Å²) in [5, 5.41) is 38.6. The average molecular weight is 370 g/mol. The summed E-state index contributed by atoms with van der Waals surface area (Å²) >= 11 is 0. The zero-order valence-corrected chi connectivity index (χ0v) is 15.7. The Balaban J connectivity index is 2.31. The van der Waals surface area contributed by atoms with Crippen LogP contribution in [0.2, 0.25) is 0 Å². The molecule has 1 aliphatic heterocycles. The van der Waals surface area contributed by atoms with Crippen molar-refractivity contribution in [3.05, 3.63) is 24.3 Å². The topological polar surface area (TPSA) is 107 Å². The van der Waals surface area contributed by atoms with Gasteiger partial charge < -0.3 is 25.2 Å². The molecular formula is C20H34O6. The van der Waals surface area contributed by atoms with Crippen molar-refractivity contribution in [2.45, 2.75) is 95.2 Å². The molecule has 0 amide bonds. The van der Waals surface area contributed by atoms with Gasteiger partial charge in [-0.2, -0.15) is 0 Å². The number of aliphatic carboxylic acids is 1. The minimum Gasteiger partial charge on any atom is -0.481 e. The van der Waals surface area contributed by atoms with Gasteiger partial charge in [0.25, 0.3) is 0 Å². The maximum Gasteiger partial charge on any atom is 0.303 e. The van der Waals surface area contributed by atoms with E-state index in [9.17, 15) is 20.1 Å². The molecule has 0 aromatic carbocycles. The average Bonchev–Trinajstić information content (AvgIpc) is 2.96. The van der Waals surface area contributed by atoms with E-state index in [0.717, 1.165) is 6.42 Å². The zero-order valence-electron chi connectivity index (χ0n) is 15.7. The summed E-state index contributed by atoms with van der Waals surface area (Å²) in [7, 11) is 0. The molecule has 4 N–H and O–H groups in total. The van der Waals surface area contributed by atoms with E-state index in [1.807, 2.05) is 6.08 Å². The molecule has 0 aromatic rings. The summed E-state index contributed by atoms with van der Waals surface area (Å²) in [6, 6.07) is 0. The highest BCUT2D eigenvalue weighted by atomic mass is 16.5. The number of aliphatic hydroxyl groups excluding tert-OH is 3. The first-order valence-electron chi connectivity index (χ1n) is 9.68. The van der Waals surface area contributed by atoms with Crippen molar-refractivity contribution in [3.63, 3.8) is 0 Å². The summed E-state index contributed by atoms with van der Waals surface area (Å²) in [6.07, 6.45) is 10.3. The van der Waals surface area contributed by atoms with Gasteiger partial charge in [0, 0.05) is 12.8 Å². The summed E-state index contributed by atoms with van der Waals surface area (Å²) in [6.45, 7) is 2.17. The highest BCUT2D eigenvalue weighted by molar-refractivity contribution is 5.66. The third-order valence-electron chi connectivity index (χ3n) is 4.56. The molecule has 0 aliphatic carbocycles. The van der Waals surface area contributed by atoms with Crippen LogP contribution in [0, 0.1) is 0 Å². The Morgan fingerprint density at radius 1 is 1.19 bits per heavy atom. The minimum absolute atomic E-state index is 0.0129. The van der Waals surface area contributed by atoms with Crippen LogP contribution in [0.4, 0.5) is 0 Å². The normalized spacial score (nSPS) is 25.9. The van der Waals surface area contributed by atoms with E-state index in [1.54, 1.807) is 0 Å². The number of allylic oxidation sites excluding steroid dienone is 1. The molecule has 0 unspecified atom stereocenters. The Kier molecular flexibility index (Phi) is 11.4. The first-order chi connectivity index (χ1) is 12.4. The molecule has 150 valence electrons. The van der Waals surface area contributed by atoms with Crippen LogP contribution >= 0.6 is 0 Å². The van der Waals surface area contributed by atoms with Gasteiger partial charge in [0.1, 0.15) is 0 Å². The summed E-state index contributed by atoms with van der Waals surface area (Å²) in [5.74, 6) is -0.889. The number of hydrogen-bond acceptors (Lipinski definition) is 5. The smallest absolute Gasteiger partial charge is 0.303 e. The monoisotopic (exact) mass is 370 g/mol. The van der Waals surface area contributed by atoms with Gasteiger partial charge in [-0.1, -0.05) is 44.1 Å². The maximum absolute atomic E-state index is 10.4. The molecule has 1 saturated heterocycles. The summed E-state index contributed by atoms with van der Waals surface area (Å²) in [5.41, 5.74) is 0. The Labute approximate surface area is 156 Å². The van der Waals surface area contributed by atoms with E-state index in [0.29, 0.717) is 25.7 Å². The summed E-state index contributed by atoms with van der Waals surface area (Å²) in [4.78, 5) is 10.4. The largest absolute Gasteiger partial charge is 0.481 e. The van der Waals surface area contributed by atoms with Crippen molar-refractivity contribution in [3.8, 4) is 0 Å². The number of hydrogen-bond donors (Lipinski definition) is 4. The Hall–Kier alpha value is -1.21. The fourth-order valence-corrected chi connectivity index (χ4v) is 2.98. The Bertz CT molecular complexity index is 448. The lowest BCUT2D eigenvalue weighted by Gasteiger charge is -2.16. The van der Waals surface area contributed by atoms with Crippen LogP contribution in [0.1, 0.15) is 64.7 Å². The molecule has 0 radical (unpaired) electrons. The van der Waals surface area contributed by atoms with Gasteiger partial charge >= 0.3 is 5.97 Å². The van der Waals surface area contributed by atoms with Crippen LogP contribution in [0.5, 0.6) is 0 Å². The molecule has 0 bridgehead atoms. The molecule has 0 spiro atoms. The van der Waals surface area contributed by atoms with Gasteiger partial charge in [-0.3, -0.25) is 4.79 Å². The van der Waals surface area contributed by atoms with Crippen molar-refractivity contribution < 1.29 is 30.0 Å². The zero-order chi connectivity index (χ0) is 19.4. The predicted molar refractivity (Wildman–Crippen MR) is 99.8 cm³/mol. The lowest BCUT2D eigenvalue weighted by Crippen LogP contribution is -2.24. The van der Waals surface area contributed by atoms with Crippen LogP contribution < -0.4 is 0 Å². The van der Waals surface area contributed by atoms with Crippen molar-refractivity contribution in [1.82, 2.24) is 0 Å². The Morgan fingerprint density at radius 2 is 1.96 bits per heavy atom. The molecule has 5 atom stereocenters. The van der Waals surface area contributed by atoms with E-state index < -0.39 is 30.4 Å². The SMILES string of the molecule is CCCCC/C=C\C[C@@H]1O[C@H]([C@H](O)/C=C/[C@@H](O)CCCC(=O)O)C[C@@H]1O. The van der Waals surface area contributed by atoms with Gasteiger partial charge in [-0.15, -0.1) is 0 Å². The van der Waals surface area contributed by atoms with Crippen molar-refractivity contribution in [2.75, 3.05) is 0 Å². The second-order valence-electron chi connectivity index (χ2n) is 6.95. The molecule has 6 heteroatoms. The lowest BCUT2D eigenvalue weighted by atomic mass is 10.0. The minimum atomic E-state index is -0.905. The predicted octanol–water partition coefficient (Wildman–Crippen LogP) is 2.56. The second-order valence-corrected chi connectivity index (χ2v) is 6.95. The molecule has 0 saturated carbocycles. The van der Waals surface area contributed by atoms with Gasteiger partial charge in [-0.05, 0) is 32.1 Å². The number of carboxylic acids is 1. The molecule has 1 rings (SSSR count). The van der Waals surface area contributed by atoms with Crippen LogP contribution in [0.3, 0.4) is 0 Å². The number of rotatable bonds is 13. The van der Waals surface area contributed by atoms with E-state index in [2.05, 4.69) is 13.0 Å². The number of ether oxygens (including phenoxy) is 1. The Morgan fingerprint density at radius 3 is 2.65 bits per heavy atom. The van der Waals surface area contributed by atoms with Crippen molar-refractivity contribution in [1.29, 1.82) is 0 Å². The molecule has 0 aromatic heterocycles. The number of carbonyl (C=O) groups is 1. The van der Waals surface area contributed by atoms with Gasteiger partial charge in [0.2, 0.25) is 0 Å². The van der Waals surface area contributed by atoms with E-state index in [4.69, 9.17) is 9.84 Å². The maximum atomic E-state index is 10.4. The van der Waals surface area contributed by atoms with Crippen molar-refractivity contribution >= 4 is 5.97 Å². The third kappa shape index (κ3) is 9.48. The highest BCUT2D eigenvalue weighted by Crippen LogP contribution is 2.26. The molecular weight excluding hydrogens is 336 g/mol. The number of unbranched alkanes of at least 4 members (excludes halogenated alkanes) is 3. The third-order valence-corrected chi connectivity index (χ3v) is 4.56. The van der Waals surface area contributed by atoms with Crippen LogP contribution in [-0.4, -0.2) is 56.9 Å². The molecule has 26 heavy (non-hydrogen) atoms. The van der Waals surface area contributed by atoms with E-state index >= 15 is 0 Å². The van der Waals surface area contributed by atoms with Crippen LogP contribution in [-0.2, 0) is 9.53 Å². The fraction of sp³-hybridized carbons (Fsp3) is 0.750. The lowest BCUT2D eigenvalue weighted by molar-refractivity contribution is -0.137. The van der Waals surface area contributed by atoms with Crippen molar-refractivity contribution in [2.24, 2.45) is 0 Å². The van der Waals surface area contributed by atoms with E-state index in [-0.39, 0.29) is 12.5 Å². The van der Waals surface area contributed by atoms with Gasteiger partial charge in [0.05, 0.1) is 30.5 Å². The van der Waals surface area contributed by atoms with Gasteiger partial charge in [-0.25, -0.2) is 0 Å². The number of aliphatic hydroxyl groups is 3. The molecule has 1 aliphatic rings. The van der Waals surface area contributed by atoms with Gasteiger partial charge in [0.15, 0.2) is 0 Å². The summed E-state index contributed by atoms with van der Waals surface area (Å²) < 4.78 is 5.75. The first kappa shape index (κ1) is 22.8. The second kappa shape index (κ2) is 13.0. The van der Waals surface area contributed by atoms with Crippen LogP contribution in [0.15, 0.2) is 24.3 Å². The first-order valence-corrected chi connectivity index (χ1v) is 9.68.